The van der Waals surface area contributed by atoms with Crippen LogP contribution in [0, 0.1) is 5.92 Å². The molecule has 0 aliphatic rings. The molecule has 0 saturated carbocycles. The summed E-state index contributed by atoms with van der Waals surface area (Å²) in [6.07, 6.45) is 0.240. The SMILES string of the molecule is COc1ccc(CC(=O)NC(CO)C(C)C)cc1OC. The number of rotatable bonds is 7. The molecule has 0 radical (unpaired) electrons. The van der Waals surface area contributed by atoms with E-state index in [1.165, 1.54) is 0 Å². The number of carbonyl (C=O) groups excluding carboxylic acids is 1. The van der Waals surface area contributed by atoms with Crippen LogP contribution >= 0.6 is 0 Å². The first kappa shape index (κ1) is 16.3. The molecule has 5 heteroatoms. The van der Waals surface area contributed by atoms with Gasteiger partial charge in [0, 0.05) is 0 Å². The molecule has 0 spiro atoms. The highest BCUT2D eigenvalue weighted by Gasteiger charge is 2.15. The Morgan fingerprint density at radius 2 is 1.90 bits per heavy atom. The molecular formula is C15H23NO4. The predicted molar refractivity (Wildman–Crippen MR) is 77.1 cm³/mol. The molecule has 20 heavy (non-hydrogen) atoms. The van der Waals surface area contributed by atoms with Gasteiger partial charge in [-0.05, 0) is 23.6 Å². The molecule has 0 saturated heterocycles. The van der Waals surface area contributed by atoms with Crippen molar-refractivity contribution in [3.05, 3.63) is 23.8 Å². The van der Waals surface area contributed by atoms with E-state index >= 15 is 0 Å². The summed E-state index contributed by atoms with van der Waals surface area (Å²) < 4.78 is 10.4. The van der Waals surface area contributed by atoms with E-state index in [9.17, 15) is 9.90 Å². The Kier molecular flexibility index (Phi) is 6.31. The molecule has 112 valence electrons. The molecule has 1 rings (SSSR count). The van der Waals surface area contributed by atoms with Gasteiger partial charge in [0.1, 0.15) is 0 Å². The van der Waals surface area contributed by atoms with Crippen LogP contribution in [0.1, 0.15) is 19.4 Å². The van der Waals surface area contributed by atoms with Crippen molar-refractivity contribution in [2.45, 2.75) is 26.3 Å². The Bertz CT molecular complexity index is 445. The molecule has 1 aromatic rings. The zero-order valence-corrected chi connectivity index (χ0v) is 12.5. The van der Waals surface area contributed by atoms with Crippen LogP contribution < -0.4 is 14.8 Å². The smallest absolute Gasteiger partial charge is 0.224 e. The first-order chi connectivity index (χ1) is 9.51. The number of hydrogen-bond donors (Lipinski definition) is 2. The van der Waals surface area contributed by atoms with Gasteiger partial charge in [0.25, 0.3) is 0 Å². The maximum Gasteiger partial charge on any atom is 0.224 e. The number of amides is 1. The first-order valence-electron chi connectivity index (χ1n) is 6.63. The van der Waals surface area contributed by atoms with Gasteiger partial charge in [-0.3, -0.25) is 4.79 Å². The number of ether oxygens (including phenoxy) is 2. The predicted octanol–water partition coefficient (Wildman–Crippen LogP) is 1.38. The summed E-state index contributed by atoms with van der Waals surface area (Å²) in [5.41, 5.74) is 0.834. The third-order valence-corrected chi connectivity index (χ3v) is 3.16. The quantitative estimate of drug-likeness (QED) is 0.792. The van der Waals surface area contributed by atoms with Gasteiger partial charge in [0.15, 0.2) is 11.5 Å². The van der Waals surface area contributed by atoms with Crippen LogP contribution in [0.25, 0.3) is 0 Å². The monoisotopic (exact) mass is 281 g/mol. The highest BCUT2D eigenvalue weighted by Crippen LogP contribution is 2.27. The van der Waals surface area contributed by atoms with Crippen LogP contribution in [0.4, 0.5) is 0 Å². The summed E-state index contributed by atoms with van der Waals surface area (Å²) in [4.78, 5) is 11.9. The van der Waals surface area contributed by atoms with Gasteiger partial charge in [0.2, 0.25) is 5.91 Å². The Labute approximate surface area is 119 Å². The zero-order valence-electron chi connectivity index (χ0n) is 12.5. The average molecular weight is 281 g/mol. The molecular weight excluding hydrogens is 258 g/mol. The lowest BCUT2D eigenvalue weighted by Gasteiger charge is -2.20. The van der Waals surface area contributed by atoms with Crippen molar-refractivity contribution in [1.29, 1.82) is 0 Å². The number of aliphatic hydroxyl groups excluding tert-OH is 1. The van der Waals surface area contributed by atoms with Crippen LogP contribution in [0.2, 0.25) is 0 Å². The summed E-state index contributed by atoms with van der Waals surface area (Å²) in [5, 5.41) is 12.0. The van der Waals surface area contributed by atoms with Gasteiger partial charge in [-0.1, -0.05) is 19.9 Å². The topological polar surface area (TPSA) is 67.8 Å². The Morgan fingerprint density at radius 3 is 2.40 bits per heavy atom. The fraction of sp³-hybridized carbons (Fsp3) is 0.533. The molecule has 0 aliphatic heterocycles. The summed E-state index contributed by atoms with van der Waals surface area (Å²) >= 11 is 0. The van der Waals surface area contributed by atoms with Crippen molar-refractivity contribution in [3.8, 4) is 11.5 Å². The first-order valence-corrected chi connectivity index (χ1v) is 6.63. The van der Waals surface area contributed by atoms with Crippen molar-refractivity contribution in [2.24, 2.45) is 5.92 Å². The van der Waals surface area contributed by atoms with E-state index in [1.54, 1.807) is 26.4 Å². The number of hydrogen-bond acceptors (Lipinski definition) is 4. The van der Waals surface area contributed by atoms with Crippen LogP contribution in [-0.4, -0.2) is 37.9 Å². The molecule has 1 atom stereocenters. The van der Waals surface area contributed by atoms with E-state index in [2.05, 4.69) is 5.32 Å². The Balaban J connectivity index is 2.71. The van der Waals surface area contributed by atoms with E-state index in [0.29, 0.717) is 11.5 Å². The molecule has 0 heterocycles. The molecule has 1 aromatic carbocycles. The third-order valence-electron chi connectivity index (χ3n) is 3.16. The van der Waals surface area contributed by atoms with E-state index in [1.807, 2.05) is 19.9 Å². The van der Waals surface area contributed by atoms with Crippen molar-refractivity contribution in [3.63, 3.8) is 0 Å². The van der Waals surface area contributed by atoms with Crippen LogP contribution in [0.15, 0.2) is 18.2 Å². The zero-order chi connectivity index (χ0) is 15.1. The largest absolute Gasteiger partial charge is 0.493 e. The van der Waals surface area contributed by atoms with Gasteiger partial charge in [-0.2, -0.15) is 0 Å². The third kappa shape index (κ3) is 4.42. The average Bonchev–Trinajstić information content (AvgIpc) is 2.44. The summed E-state index contributed by atoms with van der Waals surface area (Å²) in [6, 6.07) is 5.15. The van der Waals surface area contributed by atoms with Crippen molar-refractivity contribution in [1.82, 2.24) is 5.32 Å². The van der Waals surface area contributed by atoms with E-state index in [0.717, 1.165) is 5.56 Å². The van der Waals surface area contributed by atoms with Gasteiger partial charge in [-0.15, -0.1) is 0 Å². The van der Waals surface area contributed by atoms with E-state index < -0.39 is 0 Å². The second-order valence-electron chi connectivity index (χ2n) is 4.97. The number of carbonyl (C=O) groups is 1. The molecule has 0 aliphatic carbocycles. The molecule has 0 aromatic heterocycles. The maximum atomic E-state index is 11.9. The Morgan fingerprint density at radius 1 is 1.25 bits per heavy atom. The summed E-state index contributed by atoms with van der Waals surface area (Å²) in [6.45, 7) is 3.85. The summed E-state index contributed by atoms with van der Waals surface area (Å²) in [5.74, 6) is 1.30. The van der Waals surface area contributed by atoms with Gasteiger partial charge in [0.05, 0.1) is 33.3 Å². The van der Waals surface area contributed by atoms with Crippen molar-refractivity contribution >= 4 is 5.91 Å². The van der Waals surface area contributed by atoms with Gasteiger partial charge in [-0.25, -0.2) is 0 Å². The molecule has 0 bridgehead atoms. The maximum absolute atomic E-state index is 11.9. The van der Waals surface area contributed by atoms with Crippen molar-refractivity contribution < 1.29 is 19.4 Å². The normalized spacial score (nSPS) is 12.1. The molecule has 0 fully saturated rings. The van der Waals surface area contributed by atoms with Crippen molar-refractivity contribution in [2.75, 3.05) is 20.8 Å². The van der Waals surface area contributed by atoms with Gasteiger partial charge < -0.3 is 19.9 Å². The van der Waals surface area contributed by atoms with Crippen LogP contribution in [0.3, 0.4) is 0 Å². The minimum atomic E-state index is -0.220. The standard InChI is InChI=1S/C15H23NO4/c1-10(2)12(9-17)16-15(18)8-11-5-6-13(19-3)14(7-11)20-4/h5-7,10,12,17H,8-9H2,1-4H3,(H,16,18). The van der Waals surface area contributed by atoms with Gasteiger partial charge >= 0.3 is 0 Å². The highest BCUT2D eigenvalue weighted by atomic mass is 16.5. The molecule has 5 nitrogen and oxygen atoms in total. The second-order valence-corrected chi connectivity index (χ2v) is 4.97. The number of nitrogens with one attached hydrogen (secondary N) is 1. The fourth-order valence-corrected chi connectivity index (χ4v) is 1.86. The molecule has 2 N–H and O–H groups in total. The summed E-state index contributed by atoms with van der Waals surface area (Å²) in [7, 11) is 3.13. The van der Waals surface area contributed by atoms with E-state index in [-0.39, 0.29) is 30.9 Å². The lowest BCUT2D eigenvalue weighted by atomic mass is 10.0. The van der Waals surface area contributed by atoms with Crippen LogP contribution in [-0.2, 0) is 11.2 Å². The lowest BCUT2D eigenvalue weighted by Crippen LogP contribution is -2.41. The minimum absolute atomic E-state index is 0.0602. The van der Waals surface area contributed by atoms with Crippen LogP contribution in [0.5, 0.6) is 11.5 Å². The lowest BCUT2D eigenvalue weighted by molar-refractivity contribution is -0.121. The number of methoxy groups -OCH3 is 2. The fourth-order valence-electron chi connectivity index (χ4n) is 1.86. The minimum Gasteiger partial charge on any atom is -0.493 e. The number of aliphatic hydroxyl groups is 1. The highest BCUT2D eigenvalue weighted by molar-refractivity contribution is 5.79. The number of benzene rings is 1. The Hall–Kier alpha value is -1.75. The van der Waals surface area contributed by atoms with E-state index in [4.69, 9.17) is 9.47 Å². The molecule has 1 unspecified atom stereocenters. The second kappa shape index (κ2) is 7.75. The molecule has 1 amide bonds.